The number of nitrogens with zero attached hydrogens (tertiary/aromatic N) is 17. The van der Waals surface area contributed by atoms with E-state index in [4.69, 9.17) is 27.4 Å². The first-order valence-corrected chi connectivity index (χ1v) is 35.1. The van der Waals surface area contributed by atoms with Crippen LogP contribution < -0.4 is 9.92 Å². The average Bonchev–Trinajstić information content (AvgIpc) is 1.67. The van der Waals surface area contributed by atoms with Gasteiger partial charge in [-0.2, -0.15) is 42.0 Å². The van der Waals surface area contributed by atoms with Crippen LogP contribution in [-0.2, 0) is 63.2 Å². The van der Waals surface area contributed by atoms with Crippen LogP contribution in [0.4, 0.5) is 32.0 Å². The molecule has 3 N–H and O–H groups in total. The van der Waals surface area contributed by atoms with E-state index in [1.807, 2.05) is 115 Å². The molecule has 0 fully saturated rings. The van der Waals surface area contributed by atoms with E-state index in [2.05, 4.69) is 65.0 Å². The number of anilines is 1. The van der Waals surface area contributed by atoms with Gasteiger partial charge in [0.05, 0.1) is 59.9 Å². The summed E-state index contributed by atoms with van der Waals surface area (Å²) in [7, 11) is -0.325. The van der Waals surface area contributed by atoms with Crippen LogP contribution in [0.25, 0.3) is 83.0 Å². The number of pyridine rings is 6. The monoisotopic (exact) mass is 1560 g/mol. The second-order valence-electron chi connectivity index (χ2n) is 25.7. The zero-order valence-electron chi connectivity index (χ0n) is 57.8. The summed E-state index contributed by atoms with van der Waals surface area (Å²) >= 11 is 7.78. The van der Waals surface area contributed by atoms with Gasteiger partial charge in [-0.25, -0.2) is 13.2 Å². The minimum absolute atomic E-state index is 0. The summed E-state index contributed by atoms with van der Waals surface area (Å²) in [5, 5.41) is 38.3. The number of aromatic nitrogens is 18. The molecular formula is C70H62ClF6N19O7S4. The lowest BCUT2D eigenvalue weighted by Crippen LogP contribution is -2.28. The van der Waals surface area contributed by atoms with Crippen molar-refractivity contribution in [1.29, 1.82) is 0 Å². The average molecular weight is 1560 g/mol. The molecular weight excluding hydrogens is 1500 g/mol. The summed E-state index contributed by atoms with van der Waals surface area (Å²) in [6, 6.07) is 24.7. The summed E-state index contributed by atoms with van der Waals surface area (Å²) in [5.74, 6) is -2.61. The largest absolute Gasteiger partial charge is 0.534 e. The van der Waals surface area contributed by atoms with E-state index in [0.717, 1.165) is 66.0 Å². The number of esters is 2. The maximum atomic E-state index is 14.7. The number of aromatic amines is 1. The lowest BCUT2D eigenvalue weighted by Gasteiger charge is -2.19. The van der Waals surface area contributed by atoms with E-state index in [1.165, 1.54) is 64.5 Å². The number of nitrogens with two attached hydrogens (primary N) is 1. The third kappa shape index (κ3) is 18.7. The summed E-state index contributed by atoms with van der Waals surface area (Å²) in [4.78, 5) is 38.7. The topological polar surface area (TPSA) is 308 Å². The van der Waals surface area contributed by atoms with Crippen LogP contribution in [-0.4, -0.2) is 125 Å². The lowest BCUT2D eigenvalue weighted by molar-refractivity contribution is -0.155. The second kappa shape index (κ2) is 31.0. The molecule has 12 heterocycles. The predicted molar refractivity (Wildman–Crippen MR) is 393 cm³/mol. The molecule has 0 aliphatic carbocycles. The molecule has 552 valence electrons. The van der Waals surface area contributed by atoms with Crippen molar-refractivity contribution in [3.05, 3.63) is 199 Å². The Morgan fingerprint density at radius 3 is 1.34 bits per heavy atom. The van der Waals surface area contributed by atoms with Crippen LogP contribution in [0.3, 0.4) is 0 Å². The van der Waals surface area contributed by atoms with E-state index in [9.17, 15) is 44.3 Å². The summed E-state index contributed by atoms with van der Waals surface area (Å²) < 4.78 is 127. The van der Waals surface area contributed by atoms with E-state index >= 15 is 0 Å². The van der Waals surface area contributed by atoms with Crippen LogP contribution in [0.2, 0.25) is 0 Å². The van der Waals surface area contributed by atoms with Gasteiger partial charge in [0.1, 0.15) is 17.0 Å². The molecule has 0 aliphatic heterocycles. The Morgan fingerprint density at radius 2 is 0.916 bits per heavy atom. The van der Waals surface area contributed by atoms with Crippen molar-refractivity contribution < 1.29 is 58.0 Å². The van der Waals surface area contributed by atoms with Crippen molar-refractivity contribution in [2.45, 2.75) is 91.2 Å². The third-order valence-corrected chi connectivity index (χ3v) is 18.1. The number of H-pyrrole nitrogens is 1. The molecule has 0 atom stereocenters. The van der Waals surface area contributed by atoms with E-state index < -0.39 is 56.0 Å². The van der Waals surface area contributed by atoms with Crippen LogP contribution >= 0.6 is 48.1 Å². The molecule has 12 aromatic heterocycles. The summed E-state index contributed by atoms with van der Waals surface area (Å²) in [6.45, 7) is 10.7. The molecule has 0 radical (unpaired) electrons. The number of hydrogen-bond donors (Lipinski definition) is 2. The number of alkyl halides is 3. The number of carbonyl (C=O) groups is 2. The van der Waals surface area contributed by atoms with Crippen molar-refractivity contribution in [2.24, 2.45) is 21.1 Å². The number of halogens is 7. The van der Waals surface area contributed by atoms with Crippen LogP contribution in [0, 0.1) is 22.2 Å². The third-order valence-electron chi connectivity index (χ3n) is 15.0. The number of carbonyl (C=O) groups excluding carboxylic acids is 2. The van der Waals surface area contributed by atoms with Gasteiger partial charge < -0.3 is 19.4 Å². The number of nitrogen functional groups attached to an aromatic ring is 1. The minimum Gasteiger partial charge on any atom is -0.460 e. The Hall–Kier alpha value is -11.3. The Bertz CT molecular complexity index is 6050. The molecule has 15 rings (SSSR count). The molecule has 0 saturated carbocycles. The molecule has 0 bridgehead atoms. The molecule has 37 heteroatoms. The molecule has 0 aliphatic rings. The van der Waals surface area contributed by atoms with Gasteiger partial charge in [0.2, 0.25) is 10.3 Å². The van der Waals surface area contributed by atoms with E-state index in [-0.39, 0.29) is 48.2 Å². The molecule has 0 amide bonds. The number of aryl methyl sites for hydroxylation is 3. The number of benzene rings is 3. The minimum atomic E-state index is -5.76. The highest BCUT2D eigenvalue weighted by atomic mass is 35.5. The number of nitrogens with one attached hydrogen (secondary N) is 1. The SMILES string of the molecule is CC(C)(C)OC(=O)Cc1cnc2ccc(OS(=O)(=O)C(F)(F)F)cc2c1.Cl.Cn1cc(-c2cc(F)c3n[nH]c(=S)n3c2)cn1.Cn1cc(-c2cc(F)c3nnc(Sc4ccc5ncc(CC(=O)OC(C)(C)C)cc5c4)n3c2)cn1.Cn1cc(-c2cc(F)c3nnc(Sc4ccc5ncc(N)cc5c4)n3c2)cn1. The van der Waals surface area contributed by atoms with Crippen LogP contribution in [0.15, 0.2) is 185 Å². The smallest absolute Gasteiger partial charge is 0.460 e. The number of ether oxygens (including phenoxy) is 2. The van der Waals surface area contributed by atoms with Gasteiger partial charge in [0, 0.05) is 130 Å². The van der Waals surface area contributed by atoms with Crippen molar-refractivity contribution in [1.82, 2.24) is 88.1 Å². The van der Waals surface area contributed by atoms with Crippen LogP contribution in [0.5, 0.6) is 5.75 Å². The number of rotatable bonds is 13. The van der Waals surface area contributed by atoms with Gasteiger partial charge in [-0.3, -0.25) is 56.9 Å². The second-order valence-corrected chi connectivity index (χ2v) is 29.8. The molecule has 0 saturated heterocycles. The lowest BCUT2D eigenvalue weighted by atomic mass is 10.1. The van der Waals surface area contributed by atoms with Crippen molar-refractivity contribution in [3.63, 3.8) is 0 Å². The Morgan fingerprint density at radius 1 is 0.514 bits per heavy atom. The first-order valence-electron chi connectivity index (χ1n) is 31.7. The van der Waals surface area contributed by atoms with Crippen molar-refractivity contribution >= 4 is 126 Å². The van der Waals surface area contributed by atoms with E-state index in [1.54, 1.807) is 87.0 Å². The zero-order chi connectivity index (χ0) is 75.7. The van der Waals surface area contributed by atoms with Crippen molar-refractivity contribution in [3.8, 4) is 39.1 Å². The Balaban J connectivity index is 0.000000145. The van der Waals surface area contributed by atoms with Crippen molar-refractivity contribution in [2.75, 3.05) is 5.73 Å². The maximum Gasteiger partial charge on any atom is 0.534 e. The standard InChI is InChI=1S/C25H23FN6O2S.C19H14FN7S.C16H16F3NO5S.C10H8FN5S.ClH/c1-25(2,3)34-22(33)8-15-7-16-9-19(5-6-21(16)27-11-15)35-24-30-29-23-20(26)10-17(14-32(23)24)18-12-28-31(4)13-18;1-26-9-13(7-23-26)12-6-16(20)18-24-25-19(27(18)10-12)28-15-2-3-17-11(5-15)4-14(21)8-22-17;1-15(2,3)24-14(21)7-10-6-11-8-12(4-5-13(11)20-9-10)25-26(22,23)16(17,18)19;1-15-4-7(3-12-15)6-2-8(11)9-13-14-10(17)16(9)5-6;/h5-7,9-14H,8H2,1-4H3;2-10H,21H2,1H3;4-6,8-9H,7H2,1-3H3;2-5H,1H3,(H,14,17);1H. The highest BCUT2D eigenvalue weighted by Gasteiger charge is 2.48. The predicted octanol–water partition coefficient (Wildman–Crippen LogP) is 14.1. The fraction of sp³-hybridized carbons (Fsp3) is 0.200. The molecule has 15 aromatic rings. The Kier molecular flexibility index (Phi) is 22.2. The molecule has 3 aromatic carbocycles. The van der Waals surface area contributed by atoms with Crippen LogP contribution in [0.1, 0.15) is 52.7 Å². The highest BCUT2D eigenvalue weighted by Crippen LogP contribution is 2.35. The summed E-state index contributed by atoms with van der Waals surface area (Å²) in [5.41, 5.74) is 8.07. The number of hydrogen-bond acceptors (Lipinski definition) is 22. The van der Waals surface area contributed by atoms with Gasteiger partial charge in [0.25, 0.3) is 0 Å². The zero-order valence-corrected chi connectivity index (χ0v) is 61.9. The van der Waals surface area contributed by atoms with Gasteiger partial charge in [-0.1, -0.05) is 0 Å². The molecule has 107 heavy (non-hydrogen) atoms. The maximum absolute atomic E-state index is 14.7. The fourth-order valence-corrected chi connectivity index (χ4v) is 12.8. The Labute approximate surface area is 623 Å². The molecule has 0 spiro atoms. The van der Waals surface area contributed by atoms with Gasteiger partial charge in [0.15, 0.2) is 39.2 Å². The van der Waals surface area contributed by atoms with Gasteiger partial charge in [-0.05, 0) is 179 Å². The van der Waals surface area contributed by atoms with Gasteiger partial charge >= 0.3 is 27.6 Å². The first kappa shape index (κ1) is 76.8. The molecule has 0 unspecified atom stereocenters. The number of fused-ring (bicyclic) bond motifs is 6. The summed E-state index contributed by atoms with van der Waals surface area (Å²) in [6.07, 6.45) is 20.7. The normalized spacial score (nSPS) is 11.8. The first-order chi connectivity index (χ1) is 50.1. The highest BCUT2D eigenvalue weighted by molar-refractivity contribution is 7.99. The van der Waals surface area contributed by atoms with E-state index in [0.29, 0.717) is 53.9 Å². The van der Waals surface area contributed by atoms with Gasteiger partial charge in [-0.15, -0.1) is 32.8 Å². The fourth-order valence-electron chi connectivity index (χ4n) is 10.4. The quantitative estimate of drug-likeness (QED) is 0.0356. The molecule has 26 nitrogen and oxygen atoms in total.